The predicted octanol–water partition coefficient (Wildman–Crippen LogP) is -0.649. The third kappa shape index (κ3) is 1.35. The first kappa shape index (κ1) is 7.25. The van der Waals surface area contributed by atoms with Gasteiger partial charge in [-0.1, -0.05) is 6.92 Å². The first-order chi connectivity index (χ1) is 4.63. The molecular weight excluding hydrogens is 132 g/mol. The quantitative estimate of drug-likeness (QED) is 0.491. The Hall–Kier alpha value is -0.860. The van der Waals surface area contributed by atoms with Crippen LogP contribution in [0.2, 0.25) is 0 Å². The van der Waals surface area contributed by atoms with Crippen LogP contribution in [0.25, 0.3) is 0 Å². The zero-order valence-electron chi connectivity index (χ0n) is 5.79. The van der Waals surface area contributed by atoms with Crippen LogP contribution in [0.15, 0.2) is 0 Å². The summed E-state index contributed by atoms with van der Waals surface area (Å²) in [6.07, 6.45) is 1.72. The topological polar surface area (TPSA) is 57.2 Å². The van der Waals surface area contributed by atoms with Crippen molar-refractivity contribution in [2.24, 2.45) is 11.8 Å². The van der Waals surface area contributed by atoms with Gasteiger partial charge in [0.25, 0.3) is 0 Å². The van der Waals surface area contributed by atoms with Crippen LogP contribution in [-0.4, -0.2) is 11.8 Å². The third-order valence-electron chi connectivity index (χ3n) is 1.76. The van der Waals surface area contributed by atoms with Gasteiger partial charge in [0.05, 0.1) is 11.9 Å². The average molecular weight is 141 g/mol. The summed E-state index contributed by atoms with van der Waals surface area (Å²) in [5, 5.41) is 10.1. The number of ketones is 1. The third-order valence-corrected chi connectivity index (χ3v) is 1.76. The number of Topliss-reactive ketones (excluding diaryl/α,β-unsaturated/α-hetero) is 1. The molecule has 1 saturated carbocycles. The highest BCUT2D eigenvalue weighted by Crippen LogP contribution is 2.32. The van der Waals surface area contributed by atoms with E-state index in [2.05, 4.69) is 0 Å². The maximum atomic E-state index is 10.9. The average Bonchev–Trinajstić information content (AvgIpc) is 2.65. The fourth-order valence-electron chi connectivity index (χ4n) is 0.838. The summed E-state index contributed by atoms with van der Waals surface area (Å²) in [5.41, 5.74) is 0. The second-order valence-electron chi connectivity index (χ2n) is 2.72. The molecule has 0 aromatic rings. The van der Waals surface area contributed by atoms with Crippen LogP contribution in [-0.2, 0) is 9.59 Å². The summed E-state index contributed by atoms with van der Waals surface area (Å²) < 4.78 is 0. The molecule has 0 heterocycles. The molecule has 0 N–H and O–H groups in total. The van der Waals surface area contributed by atoms with E-state index in [1.54, 1.807) is 0 Å². The summed E-state index contributed by atoms with van der Waals surface area (Å²) in [5.74, 6) is -2.31. The lowest BCUT2D eigenvalue weighted by atomic mass is 10.0. The molecule has 0 saturated heterocycles. The molecule has 0 radical (unpaired) electrons. The molecule has 0 aliphatic heterocycles. The van der Waals surface area contributed by atoms with Crippen LogP contribution >= 0.6 is 0 Å². The Morgan fingerprint density at radius 2 is 2.00 bits per heavy atom. The van der Waals surface area contributed by atoms with E-state index in [0.29, 0.717) is 0 Å². The van der Waals surface area contributed by atoms with Gasteiger partial charge in [-0.3, -0.25) is 4.79 Å². The molecule has 1 aliphatic rings. The number of rotatable bonds is 3. The molecule has 0 aromatic heterocycles. The highest BCUT2D eigenvalue weighted by molar-refractivity contribution is 5.99. The lowest BCUT2D eigenvalue weighted by molar-refractivity contribution is -0.309. The SMILES string of the molecule is CC(C(=O)[O-])C(=O)C1CC1. The molecule has 3 heteroatoms. The second kappa shape index (κ2) is 2.40. The maximum Gasteiger partial charge on any atom is 0.144 e. The van der Waals surface area contributed by atoms with Gasteiger partial charge in [0.15, 0.2) is 0 Å². The summed E-state index contributed by atoms with van der Waals surface area (Å²) in [7, 11) is 0. The van der Waals surface area contributed by atoms with Crippen LogP contribution in [0, 0.1) is 11.8 Å². The van der Waals surface area contributed by atoms with Gasteiger partial charge in [-0.25, -0.2) is 0 Å². The van der Waals surface area contributed by atoms with E-state index in [0.717, 1.165) is 12.8 Å². The van der Waals surface area contributed by atoms with Crippen molar-refractivity contribution in [2.75, 3.05) is 0 Å². The Bertz CT molecular complexity index is 170. The zero-order valence-corrected chi connectivity index (χ0v) is 5.79. The normalized spacial score (nSPS) is 20.1. The Morgan fingerprint density at radius 1 is 1.50 bits per heavy atom. The lowest BCUT2D eigenvalue weighted by Crippen LogP contribution is -2.35. The standard InChI is InChI=1S/C7H10O3/c1-4(7(9)10)6(8)5-2-3-5/h4-5H,2-3H2,1H3,(H,9,10)/p-1. The highest BCUT2D eigenvalue weighted by Gasteiger charge is 2.32. The predicted molar refractivity (Wildman–Crippen MR) is 31.9 cm³/mol. The summed E-state index contributed by atoms with van der Waals surface area (Å²) >= 11 is 0. The minimum absolute atomic E-state index is 0.0212. The van der Waals surface area contributed by atoms with Crippen molar-refractivity contribution in [3.8, 4) is 0 Å². The second-order valence-corrected chi connectivity index (χ2v) is 2.72. The van der Waals surface area contributed by atoms with Crippen LogP contribution in [0.4, 0.5) is 0 Å². The Balaban J connectivity index is 2.46. The van der Waals surface area contributed by atoms with Crippen molar-refractivity contribution in [3.63, 3.8) is 0 Å². The summed E-state index contributed by atoms with van der Waals surface area (Å²) in [4.78, 5) is 21.1. The molecule has 0 spiro atoms. The van der Waals surface area contributed by atoms with E-state index in [9.17, 15) is 14.7 Å². The molecule has 10 heavy (non-hydrogen) atoms. The minimum Gasteiger partial charge on any atom is -0.549 e. The molecule has 0 bridgehead atoms. The van der Waals surface area contributed by atoms with Gasteiger partial charge in [-0.05, 0) is 12.8 Å². The smallest absolute Gasteiger partial charge is 0.144 e. The number of aliphatic carboxylic acids is 1. The van der Waals surface area contributed by atoms with Crippen molar-refractivity contribution >= 4 is 11.8 Å². The fraction of sp³-hybridized carbons (Fsp3) is 0.714. The first-order valence-electron chi connectivity index (χ1n) is 3.37. The highest BCUT2D eigenvalue weighted by atomic mass is 16.4. The van der Waals surface area contributed by atoms with Gasteiger partial charge in [0, 0.05) is 5.92 Å². The molecule has 0 amide bonds. The Labute approximate surface area is 59.0 Å². The Morgan fingerprint density at radius 3 is 2.30 bits per heavy atom. The van der Waals surface area contributed by atoms with Crippen LogP contribution in [0.3, 0.4) is 0 Å². The molecular formula is C7H9O3-. The Kier molecular flexibility index (Phi) is 1.74. The monoisotopic (exact) mass is 141 g/mol. The van der Waals surface area contributed by atoms with Crippen molar-refractivity contribution in [2.45, 2.75) is 19.8 Å². The fourth-order valence-corrected chi connectivity index (χ4v) is 0.838. The van der Waals surface area contributed by atoms with Crippen molar-refractivity contribution < 1.29 is 14.7 Å². The molecule has 56 valence electrons. The van der Waals surface area contributed by atoms with Gasteiger partial charge in [0.2, 0.25) is 0 Å². The van der Waals surface area contributed by atoms with Gasteiger partial charge < -0.3 is 9.90 Å². The zero-order chi connectivity index (χ0) is 7.72. The van der Waals surface area contributed by atoms with Crippen LogP contribution in [0.5, 0.6) is 0 Å². The molecule has 1 fully saturated rings. The van der Waals surface area contributed by atoms with Crippen LogP contribution in [0.1, 0.15) is 19.8 Å². The van der Waals surface area contributed by atoms with E-state index in [-0.39, 0.29) is 11.7 Å². The van der Waals surface area contributed by atoms with Crippen molar-refractivity contribution in [1.29, 1.82) is 0 Å². The summed E-state index contributed by atoms with van der Waals surface area (Å²) in [6, 6.07) is 0. The number of carbonyl (C=O) groups is 2. The molecule has 1 aliphatic carbocycles. The van der Waals surface area contributed by atoms with Crippen LogP contribution < -0.4 is 5.11 Å². The minimum atomic E-state index is -1.25. The van der Waals surface area contributed by atoms with Gasteiger partial charge >= 0.3 is 0 Å². The van der Waals surface area contributed by atoms with Crippen molar-refractivity contribution in [1.82, 2.24) is 0 Å². The first-order valence-corrected chi connectivity index (χ1v) is 3.37. The molecule has 1 rings (SSSR count). The molecule has 1 unspecified atom stereocenters. The number of hydrogen-bond acceptors (Lipinski definition) is 3. The molecule has 3 nitrogen and oxygen atoms in total. The van der Waals surface area contributed by atoms with Crippen molar-refractivity contribution in [3.05, 3.63) is 0 Å². The molecule has 1 atom stereocenters. The van der Waals surface area contributed by atoms with Gasteiger partial charge in [0.1, 0.15) is 5.78 Å². The number of hydrogen-bond donors (Lipinski definition) is 0. The van der Waals surface area contributed by atoms with E-state index >= 15 is 0 Å². The van der Waals surface area contributed by atoms with Gasteiger partial charge in [-0.15, -0.1) is 0 Å². The van der Waals surface area contributed by atoms with E-state index in [1.165, 1.54) is 6.92 Å². The lowest BCUT2D eigenvalue weighted by Gasteiger charge is -2.09. The number of carboxylic acids is 1. The summed E-state index contributed by atoms with van der Waals surface area (Å²) in [6.45, 7) is 1.38. The van der Waals surface area contributed by atoms with E-state index < -0.39 is 11.9 Å². The van der Waals surface area contributed by atoms with E-state index in [1.807, 2.05) is 0 Å². The van der Waals surface area contributed by atoms with E-state index in [4.69, 9.17) is 0 Å². The maximum absolute atomic E-state index is 10.9. The largest absolute Gasteiger partial charge is 0.549 e. The number of carbonyl (C=O) groups excluding carboxylic acids is 2. The van der Waals surface area contributed by atoms with Gasteiger partial charge in [-0.2, -0.15) is 0 Å². The number of carboxylic acid groups (broad SMARTS) is 1. The molecule has 0 aromatic carbocycles.